The Kier molecular flexibility index (Phi) is 4.85. The van der Waals surface area contributed by atoms with Crippen molar-refractivity contribution in [2.75, 3.05) is 21.3 Å². The SMILES string of the molecule is COc1cc(OCc2ccccc2)nn2cc(C(=O)N(C)OC)cc12. The lowest BCUT2D eigenvalue weighted by atomic mass is 10.2. The molecule has 2 aromatic heterocycles. The number of methoxy groups -OCH3 is 1. The van der Waals surface area contributed by atoms with Crippen LogP contribution in [0.25, 0.3) is 5.52 Å². The molecule has 7 nitrogen and oxygen atoms in total. The summed E-state index contributed by atoms with van der Waals surface area (Å²) in [6.45, 7) is 0.391. The first-order chi connectivity index (χ1) is 12.1. The summed E-state index contributed by atoms with van der Waals surface area (Å²) >= 11 is 0. The van der Waals surface area contributed by atoms with Crippen LogP contribution in [0.15, 0.2) is 48.7 Å². The maximum atomic E-state index is 12.2. The zero-order valence-electron chi connectivity index (χ0n) is 14.3. The summed E-state index contributed by atoms with van der Waals surface area (Å²) in [4.78, 5) is 17.2. The smallest absolute Gasteiger partial charge is 0.278 e. The molecule has 0 N–H and O–H groups in total. The van der Waals surface area contributed by atoms with E-state index < -0.39 is 0 Å². The summed E-state index contributed by atoms with van der Waals surface area (Å²) in [6, 6.07) is 13.2. The predicted molar refractivity (Wildman–Crippen MR) is 91.6 cm³/mol. The molecule has 0 atom stereocenters. The van der Waals surface area contributed by atoms with Crippen LogP contribution in [-0.4, -0.2) is 41.9 Å². The van der Waals surface area contributed by atoms with E-state index >= 15 is 0 Å². The second-order valence-corrected chi connectivity index (χ2v) is 5.37. The van der Waals surface area contributed by atoms with Crippen molar-refractivity contribution in [2.45, 2.75) is 6.61 Å². The average Bonchev–Trinajstić information content (AvgIpc) is 3.09. The molecule has 0 aliphatic carbocycles. The van der Waals surface area contributed by atoms with E-state index in [4.69, 9.17) is 14.3 Å². The monoisotopic (exact) mass is 341 g/mol. The number of fused-ring (bicyclic) bond motifs is 1. The molecule has 3 rings (SSSR count). The van der Waals surface area contributed by atoms with Gasteiger partial charge in [-0.15, -0.1) is 5.10 Å². The number of carbonyl (C=O) groups is 1. The summed E-state index contributed by atoms with van der Waals surface area (Å²) in [5.74, 6) is 0.696. The highest BCUT2D eigenvalue weighted by molar-refractivity contribution is 5.95. The lowest BCUT2D eigenvalue weighted by Crippen LogP contribution is -2.24. The van der Waals surface area contributed by atoms with Crippen molar-refractivity contribution in [3.05, 3.63) is 59.8 Å². The number of ether oxygens (including phenoxy) is 2. The predicted octanol–water partition coefficient (Wildman–Crippen LogP) is 2.56. The molecule has 130 valence electrons. The Balaban J connectivity index is 1.89. The molecular weight excluding hydrogens is 322 g/mol. The highest BCUT2D eigenvalue weighted by Crippen LogP contribution is 2.26. The number of benzene rings is 1. The maximum Gasteiger partial charge on any atom is 0.278 e. The first-order valence-corrected chi connectivity index (χ1v) is 7.68. The Bertz CT molecular complexity index is 877. The Morgan fingerprint density at radius 2 is 1.96 bits per heavy atom. The molecule has 1 aromatic carbocycles. The number of hydrogen-bond acceptors (Lipinski definition) is 5. The number of nitrogens with zero attached hydrogens (tertiary/aromatic N) is 3. The van der Waals surface area contributed by atoms with Gasteiger partial charge in [0.15, 0.2) is 0 Å². The maximum absolute atomic E-state index is 12.2. The lowest BCUT2D eigenvalue weighted by molar-refractivity contribution is -0.0756. The standard InChI is InChI=1S/C18H19N3O4/c1-20(24-3)18(22)14-9-15-16(23-2)10-17(19-21(15)11-14)25-12-13-7-5-4-6-8-13/h4-11H,12H2,1-3H3. The van der Waals surface area contributed by atoms with E-state index in [2.05, 4.69) is 5.10 Å². The first kappa shape index (κ1) is 16.8. The highest BCUT2D eigenvalue weighted by atomic mass is 16.7. The molecule has 1 amide bonds. The molecule has 0 unspecified atom stereocenters. The number of hydrogen-bond donors (Lipinski definition) is 0. The third-order valence-corrected chi connectivity index (χ3v) is 3.77. The molecule has 0 fully saturated rings. The van der Waals surface area contributed by atoms with Gasteiger partial charge in [0.1, 0.15) is 17.9 Å². The minimum atomic E-state index is -0.276. The Morgan fingerprint density at radius 1 is 1.20 bits per heavy atom. The summed E-state index contributed by atoms with van der Waals surface area (Å²) in [5.41, 5.74) is 2.14. The van der Waals surface area contributed by atoms with Crippen molar-refractivity contribution in [1.82, 2.24) is 14.7 Å². The Morgan fingerprint density at radius 3 is 2.64 bits per heavy atom. The molecule has 0 aliphatic rings. The van der Waals surface area contributed by atoms with Gasteiger partial charge in [-0.3, -0.25) is 9.63 Å². The molecule has 0 aliphatic heterocycles. The lowest BCUT2D eigenvalue weighted by Gasteiger charge is -2.11. The minimum absolute atomic E-state index is 0.276. The molecule has 25 heavy (non-hydrogen) atoms. The van der Waals surface area contributed by atoms with Gasteiger partial charge in [-0.2, -0.15) is 0 Å². The largest absolute Gasteiger partial charge is 0.494 e. The van der Waals surface area contributed by atoms with Gasteiger partial charge < -0.3 is 9.47 Å². The van der Waals surface area contributed by atoms with E-state index in [-0.39, 0.29) is 5.91 Å². The summed E-state index contributed by atoms with van der Waals surface area (Å²) in [5, 5.41) is 5.54. The number of rotatable bonds is 6. The summed E-state index contributed by atoms with van der Waals surface area (Å²) in [6.07, 6.45) is 1.62. The van der Waals surface area contributed by atoms with Gasteiger partial charge in [-0.05, 0) is 11.6 Å². The van der Waals surface area contributed by atoms with Gasteiger partial charge in [-0.1, -0.05) is 30.3 Å². The molecule has 7 heteroatoms. The highest BCUT2D eigenvalue weighted by Gasteiger charge is 2.17. The number of carbonyl (C=O) groups excluding carboxylic acids is 1. The van der Waals surface area contributed by atoms with Gasteiger partial charge in [0.25, 0.3) is 5.91 Å². The fourth-order valence-corrected chi connectivity index (χ4v) is 2.39. The van der Waals surface area contributed by atoms with E-state index in [1.54, 1.807) is 37.0 Å². The quantitative estimate of drug-likeness (QED) is 0.645. The third kappa shape index (κ3) is 3.56. The van der Waals surface area contributed by atoms with Crippen molar-refractivity contribution in [1.29, 1.82) is 0 Å². The zero-order chi connectivity index (χ0) is 17.8. The van der Waals surface area contributed by atoms with E-state index in [1.165, 1.54) is 7.11 Å². The Hall–Kier alpha value is -3.06. The van der Waals surface area contributed by atoms with Crippen LogP contribution in [0.2, 0.25) is 0 Å². The first-order valence-electron chi connectivity index (χ1n) is 7.68. The van der Waals surface area contributed by atoms with Crippen molar-refractivity contribution in [2.24, 2.45) is 0 Å². The number of amides is 1. The summed E-state index contributed by atoms with van der Waals surface area (Å²) < 4.78 is 12.7. The van der Waals surface area contributed by atoms with Crippen LogP contribution in [-0.2, 0) is 11.4 Å². The van der Waals surface area contributed by atoms with Crippen molar-refractivity contribution in [3.8, 4) is 11.6 Å². The van der Waals surface area contributed by atoms with Crippen molar-refractivity contribution < 1.29 is 19.1 Å². The van der Waals surface area contributed by atoms with Crippen LogP contribution in [0.4, 0.5) is 0 Å². The molecule has 0 saturated heterocycles. The van der Waals surface area contributed by atoms with Crippen LogP contribution >= 0.6 is 0 Å². The van der Waals surface area contributed by atoms with E-state index in [9.17, 15) is 4.79 Å². The molecular formula is C18H19N3O4. The number of hydroxylamine groups is 2. The molecule has 3 aromatic rings. The van der Waals surface area contributed by atoms with Crippen LogP contribution in [0, 0.1) is 0 Å². The molecule has 0 saturated carbocycles. The van der Waals surface area contributed by atoms with Gasteiger partial charge in [0.05, 0.1) is 19.8 Å². The molecule has 2 heterocycles. The van der Waals surface area contributed by atoms with Crippen LogP contribution in [0.1, 0.15) is 15.9 Å². The molecule has 0 radical (unpaired) electrons. The van der Waals surface area contributed by atoms with E-state index in [0.717, 1.165) is 10.6 Å². The van der Waals surface area contributed by atoms with Gasteiger partial charge >= 0.3 is 0 Å². The summed E-state index contributed by atoms with van der Waals surface area (Å²) in [7, 11) is 4.54. The molecule has 0 spiro atoms. The van der Waals surface area contributed by atoms with Crippen LogP contribution < -0.4 is 9.47 Å². The van der Waals surface area contributed by atoms with E-state index in [0.29, 0.717) is 29.3 Å². The fraction of sp³-hybridized carbons (Fsp3) is 0.222. The third-order valence-electron chi connectivity index (χ3n) is 3.77. The second kappa shape index (κ2) is 7.23. The van der Waals surface area contributed by atoms with Gasteiger partial charge in [0, 0.05) is 19.3 Å². The zero-order valence-corrected chi connectivity index (χ0v) is 14.3. The number of aromatic nitrogens is 2. The minimum Gasteiger partial charge on any atom is -0.494 e. The molecule has 0 bridgehead atoms. The Labute approximate surface area is 145 Å². The van der Waals surface area contributed by atoms with Crippen molar-refractivity contribution >= 4 is 11.4 Å². The fourth-order valence-electron chi connectivity index (χ4n) is 2.39. The topological polar surface area (TPSA) is 65.3 Å². The van der Waals surface area contributed by atoms with E-state index in [1.807, 2.05) is 30.3 Å². The van der Waals surface area contributed by atoms with Crippen LogP contribution in [0.5, 0.6) is 11.6 Å². The van der Waals surface area contributed by atoms with Gasteiger partial charge in [-0.25, -0.2) is 9.58 Å². The van der Waals surface area contributed by atoms with Crippen molar-refractivity contribution in [3.63, 3.8) is 0 Å². The van der Waals surface area contributed by atoms with Crippen LogP contribution in [0.3, 0.4) is 0 Å². The average molecular weight is 341 g/mol. The second-order valence-electron chi connectivity index (χ2n) is 5.37. The normalized spacial score (nSPS) is 10.7. The van der Waals surface area contributed by atoms with Gasteiger partial charge in [0.2, 0.25) is 5.88 Å².